The second-order valence-corrected chi connectivity index (χ2v) is 2.24. The average molecular weight is 172 g/mol. The zero-order valence-electron chi connectivity index (χ0n) is 6.86. The third kappa shape index (κ3) is 2.81. The summed E-state index contributed by atoms with van der Waals surface area (Å²) >= 11 is 0. The van der Waals surface area contributed by atoms with Crippen LogP contribution in [0.15, 0.2) is 24.2 Å². The number of nitrogens with zero attached hydrogens (tertiary/aromatic N) is 1. The predicted octanol–water partition coefficient (Wildman–Crippen LogP) is 0.993. The zero-order chi connectivity index (χ0) is 8.81. The smallest absolute Gasteiger partial charge is 0.137 e. The second kappa shape index (κ2) is 4.63. The fraction of sp³-hybridized carbons (Fsp3) is 0.429. The number of allylic oxidation sites excluding steroid dienone is 1. The van der Waals surface area contributed by atoms with Crippen molar-refractivity contribution >= 4 is 0 Å². The minimum Gasteiger partial charge on any atom is -0.506 e. The Bertz CT molecular complexity index is 191. The maximum Gasteiger partial charge on any atom is 0.137 e. The topological polar surface area (TPSA) is 54.0 Å². The Balaban J connectivity index is 2.21. The van der Waals surface area contributed by atoms with E-state index in [0.717, 1.165) is 6.42 Å². The lowest BCUT2D eigenvalue weighted by Gasteiger charge is -2.19. The molecule has 0 aliphatic carbocycles. The van der Waals surface area contributed by atoms with Crippen molar-refractivity contribution in [1.82, 2.24) is 10.6 Å². The molecule has 0 radical (unpaired) electrons. The molecule has 68 valence electrons. The van der Waals surface area contributed by atoms with Gasteiger partial charge in [-0.25, -0.2) is 4.89 Å². The molecule has 0 aromatic rings. The lowest BCUT2D eigenvalue weighted by atomic mass is 10.5. The average Bonchev–Trinajstić information content (AvgIpc) is 2.05. The largest absolute Gasteiger partial charge is 0.506 e. The summed E-state index contributed by atoms with van der Waals surface area (Å²) in [5, 5.41) is 10.2. The highest BCUT2D eigenvalue weighted by atomic mass is 17.3. The molecule has 0 saturated carbocycles. The van der Waals surface area contributed by atoms with Gasteiger partial charge in [0.1, 0.15) is 5.76 Å². The first-order chi connectivity index (χ1) is 5.83. The van der Waals surface area contributed by atoms with E-state index in [2.05, 4.69) is 5.43 Å². The van der Waals surface area contributed by atoms with Gasteiger partial charge in [0.05, 0.1) is 12.8 Å². The number of aliphatic hydroxyl groups is 1. The summed E-state index contributed by atoms with van der Waals surface area (Å²) in [4.78, 5) is 9.47. The highest BCUT2D eigenvalue weighted by molar-refractivity contribution is 5.10. The van der Waals surface area contributed by atoms with Crippen molar-refractivity contribution in [2.24, 2.45) is 0 Å². The molecule has 0 atom stereocenters. The summed E-state index contributed by atoms with van der Waals surface area (Å²) in [5.41, 5.74) is 2.68. The fourth-order valence-corrected chi connectivity index (χ4v) is 0.617. The first kappa shape index (κ1) is 8.89. The zero-order valence-corrected chi connectivity index (χ0v) is 6.86. The number of hydrogen-bond acceptors (Lipinski definition) is 5. The van der Waals surface area contributed by atoms with Crippen molar-refractivity contribution in [3.63, 3.8) is 0 Å². The van der Waals surface area contributed by atoms with Crippen LogP contribution in [0.2, 0.25) is 0 Å². The molecule has 5 heteroatoms. The van der Waals surface area contributed by atoms with Crippen LogP contribution in [0.4, 0.5) is 0 Å². The van der Waals surface area contributed by atoms with Crippen molar-refractivity contribution in [2.75, 3.05) is 6.61 Å². The molecule has 2 N–H and O–H groups in total. The van der Waals surface area contributed by atoms with Crippen LogP contribution in [0.25, 0.3) is 0 Å². The van der Waals surface area contributed by atoms with Crippen molar-refractivity contribution in [3.8, 4) is 0 Å². The SMILES string of the molecule is CCCOON1C=C(O)C=CN1. The van der Waals surface area contributed by atoms with Crippen molar-refractivity contribution < 1.29 is 15.0 Å². The van der Waals surface area contributed by atoms with E-state index in [0.29, 0.717) is 6.61 Å². The molecule has 0 aromatic heterocycles. The van der Waals surface area contributed by atoms with Gasteiger partial charge >= 0.3 is 0 Å². The van der Waals surface area contributed by atoms with Gasteiger partial charge in [0.2, 0.25) is 0 Å². The lowest BCUT2D eigenvalue weighted by molar-refractivity contribution is -0.423. The molecule has 0 saturated heterocycles. The van der Waals surface area contributed by atoms with Crippen LogP contribution in [0, 0.1) is 0 Å². The first-order valence-electron chi connectivity index (χ1n) is 3.75. The summed E-state index contributed by atoms with van der Waals surface area (Å²) < 4.78 is 0. The van der Waals surface area contributed by atoms with Gasteiger partial charge in [-0.05, 0) is 12.5 Å². The summed E-state index contributed by atoms with van der Waals surface area (Å²) in [6, 6.07) is 0. The number of rotatable bonds is 4. The van der Waals surface area contributed by atoms with Crippen molar-refractivity contribution in [3.05, 3.63) is 24.2 Å². The van der Waals surface area contributed by atoms with Gasteiger partial charge in [-0.1, -0.05) is 11.9 Å². The predicted molar refractivity (Wildman–Crippen MR) is 42.2 cm³/mol. The Kier molecular flexibility index (Phi) is 3.43. The molecule has 1 heterocycles. The van der Waals surface area contributed by atoms with Gasteiger partial charge in [-0.15, -0.1) is 5.17 Å². The molecule has 1 aliphatic rings. The van der Waals surface area contributed by atoms with E-state index < -0.39 is 0 Å². The third-order valence-corrected chi connectivity index (χ3v) is 1.13. The first-order valence-corrected chi connectivity index (χ1v) is 3.75. The van der Waals surface area contributed by atoms with Crippen LogP contribution in [-0.4, -0.2) is 16.9 Å². The minimum absolute atomic E-state index is 0.105. The molecular weight excluding hydrogens is 160 g/mol. The number of hydroxylamine groups is 1. The van der Waals surface area contributed by atoms with Crippen LogP contribution < -0.4 is 5.43 Å². The van der Waals surface area contributed by atoms with E-state index >= 15 is 0 Å². The Morgan fingerprint density at radius 1 is 1.67 bits per heavy atom. The van der Waals surface area contributed by atoms with Crippen molar-refractivity contribution in [2.45, 2.75) is 13.3 Å². The van der Waals surface area contributed by atoms with E-state index in [9.17, 15) is 0 Å². The van der Waals surface area contributed by atoms with Crippen LogP contribution in [0.1, 0.15) is 13.3 Å². The number of nitrogens with one attached hydrogen (secondary N) is 1. The van der Waals surface area contributed by atoms with Gasteiger partial charge in [0.15, 0.2) is 0 Å². The van der Waals surface area contributed by atoms with Crippen LogP contribution in [-0.2, 0) is 9.88 Å². The Morgan fingerprint density at radius 2 is 2.50 bits per heavy atom. The van der Waals surface area contributed by atoms with E-state index in [4.69, 9.17) is 15.0 Å². The molecule has 1 aliphatic heterocycles. The highest BCUT2D eigenvalue weighted by Crippen LogP contribution is 2.00. The standard InChI is InChI=1S/C7H12N2O3/c1-2-5-11-12-9-6-7(10)3-4-8-9/h3-4,6,8,10H,2,5H2,1H3. The Morgan fingerprint density at radius 3 is 3.17 bits per heavy atom. The molecule has 5 nitrogen and oxygen atoms in total. The van der Waals surface area contributed by atoms with Gasteiger partial charge < -0.3 is 5.11 Å². The Labute approximate surface area is 70.7 Å². The molecule has 0 amide bonds. The van der Waals surface area contributed by atoms with Gasteiger partial charge in [0.25, 0.3) is 0 Å². The van der Waals surface area contributed by atoms with Crippen LogP contribution in [0.3, 0.4) is 0 Å². The van der Waals surface area contributed by atoms with Gasteiger partial charge in [-0.3, -0.25) is 5.43 Å². The maximum absolute atomic E-state index is 8.99. The Hall–Kier alpha value is -1.20. The molecule has 0 bridgehead atoms. The summed E-state index contributed by atoms with van der Waals surface area (Å²) in [6.07, 6.45) is 5.26. The second-order valence-electron chi connectivity index (χ2n) is 2.24. The molecule has 12 heavy (non-hydrogen) atoms. The van der Waals surface area contributed by atoms with Gasteiger partial charge in [0, 0.05) is 6.20 Å². The van der Waals surface area contributed by atoms with E-state index in [1.807, 2.05) is 6.92 Å². The molecular formula is C7H12N2O3. The molecule has 1 rings (SSSR count). The summed E-state index contributed by atoms with van der Waals surface area (Å²) in [5.74, 6) is 0.105. The molecule has 0 unspecified atom stereocenters. The highest BCUT2D eigenvalue weighted by Gasteiger charge is 2.03. The molecule has 0 fully saturated rings. The van der Waals surface area contributed by atoms with E-state index in [1.54, 1.807) is 0 Å². The minimum atomic E-state index is 0.105. The number of aliphatic hydroxyl groups excluding tert-OH is 1. The van der Waals surface area contributed by atoms with Crippen molar-refractivity contribution in [1.29, 1.82) is 0 Å². The van der Waals surface area contributed by atoms with Crippen LogP contribution >= 0.6 is 0 Å². The van der Waals surface area contributed by atoms with E-state index in [-0.39, 0.29) is 5.76 Å². The quantitative estimate of drug-likeness (QED) is 0.376. The fourth-order valence-electron chi connectivity index (χ4n) is 0.617. The molecule has 0 spiro atoms. The maximum atomic E-state index is 8.99. The number of hydrogen-bond donors (Lipinski definition) is 2. The normalized spacial score (nSPS) is 15.8. The third-order valence-electron chi connectivity index (χ3n) is 1.13. The van der Waals surface area contributed by atoms with Crippen LogP contribution in [0.5, 0.6) is 0 Å². The van der Waals surface area contributed by atoms with E-state index in [1.165, 1.54) is 23.6 Å². The summed E-state index contributed by atoms with van der Waals surface area (Å²) in [6.45, 7) is 2.48. The number of hydrazine groups is 1. The molecule has 0 aromatic carbocycles. The lowest BCUT2D eigenvalue weighted by Crippen LogP contribution is -2.31. The van der Waals surface area contributed by atoms with Gasteiger partial charge in [-0.2, -0.15) is 0 Å². The summed E-state index contributed by atoms with van der Waals surface area (Å²) in [7, 11) is 0. The monoisotopic (exact) mass is 172 g/mol.